The van der Waals surface area contributed by atoms with Crippen molar-refractivity contribution >= 4 is 39.7 Å². The molecule has 6 rings (SSSR count). The van der Waals surface area contributed by atoms with Gasteiger partial charge in [0.1, 0.15) is 11.4 Å². The number of piperazine rings is 1. The summed E-state index contributed by atoms with van der Waals surface area (Å²) in [4.78, 5) is 37.2. The topological polar surface area (TPSA) is 116 Å². The summed E-state index contributed by atoms with van der Waals surface area (Å²) in [6.45, 7) is 11.5. The Morgan fingerprint density at radius 2 is 1.98 bits per heavy atom. The van der Waals surface area contributed by atoms with E-state index in [-0.39, 0.29) is 22.7 Å². The highest BCUT2D eigenvalue weighted by Crippen LogP contribution is 2.30. The molecular weight excluding hydrogens is 530 g/mol. The third-order valence-electron chi connectivity index (χ3n) is 6.94. The number of pyridine rings is 1. The first-order valence-electron chi connectivity index (χ1n) is 13.5. The zero-order chi connectivity index (χ0) is 28.3. The van der Waals surface area contributed by atoms with Crippen molar-refractivity contribution in [2.75, 3.05) is 56.2 Å². The van der Waals surface area contributed by atoms with Crippen LogP contribution in [0.25, 0.3) is 16.2 Å². The lowest BCUT2D eigenvalue weighted by Crippen LogP contribution is -2.44. The van der Waals surface area contributed by atoms with Crippen molar-refractivity contribution in [2.45, 2.75) is 20.8 Å². The van der Waals surface area contributed by atoms with Crippen LogP contribution in [0.5, 0.6) is 5.75 Å². The van der Waals surface area contributed by atoms with Gasteiger partial charge in [0, 0.05) is 56.3 Å². The van der Waals surface area contributed by atoms with Crippen molar-refractivity contribution in [3.8, 4) is 10.9 Å². The average Bonchev–Trinajstić information content (AvgIpc) is 3.55. The molecule has 0 aliphatic carbocycles. The minimum Gasteiger partial charge on any atom is -0.493 e. The maximum atomic E-state index is 13.2. The third-order valence-corrected chi connectivity index (χ3v) is 7.76. The van der Waals surface area contributed by atoms with Gasteiger partial charge >= 0.3 is 5.69 Å². The van der Waals surface area contributed by atoms with E-state index in [1.165, 1.54) is 15.9 Å². The van der Waals surface area contributed by atoms with Gasteiger partial charge < -0.3 is 25.0 Å². The molecule has 2 aliphatic heterocycles. The first kappa shape index (κ1) is 27.8. The van der Waals surface area contributed by atoms with Crippen LogP contribution in [-0.4, -0.2) is 71.0 Å². The lowest BCUT2D eigenvalue weighted by atomic mass is 9.90. The van der Waals surface area contributed by atoms with Gasteiger partial charge in [0.15, 0.2) is 5.13 Å². The molecule has 0 radical (unpaired) electrons. The molecule has 2 aliphatic rings. The van der Waals surface area contributed by atoms with Gasteiger partial charge in [-0.25, -0.2) is 14.3 Å². The SMILES string of the molecule is CC.Cn1c(=O)n(-c2nc(C(=O)Nc3cnccc3N3CCNCC3)cs2)c2ccc(OCC3(C)COC3)cc21. The molecule has 1 amide bonds. The normalized spacial score (nSPS) is 16.1. The Labute approximate surface area is 236 Å². The molecule has 3 aromatic heterocycles. The number of hydrogen-bond acceptors (Lipinski definition) is 9. The molecule has 40 heavy (non-hydrogen) atoms. The highest BCUT2D eigenvalue weighted by atomic mass is 32.1. The van der Waals surface area contributed by atoms with E-state index in [1.807, 2.05) is 38.1 Å². The van der Waals surface area contributed by atoms with Gasteiger partial charge in [0.05, 0.1) is 48.4 Å². The van der Waals surface area contributed by atoms with E-state index in [2.05, 4.69) is 32.4 Å². The van der Waals surface area contributed by atoms with Gasteiger partial charge in [0.2, 0.25) is 0 Å². The van der Waals surface area contributed by atoms with Crippen molar-refractivity contribution in [2.24, 2.45) is 12.5 Å². The second-order valence-corrected chi connectivity index (χ2v) is 10.9. The third kappa shape index (κ3) is 5.47. The summed E-state index contributed by atoms with van der Waals surface area (Å²) in [5.41, 5.74) is 2.98. The standard InChI is InChI=1S/C26H29N7O4S.C2H6/c1-26(14-36-15-26)16-37-17-3-4-21-22(11-17)31(2)25(35)33(21)24-30-19(13-38-24)23(34)29-18-12-28-6-5-20(18)32-9-7-27-8-10-32;1-2/h3-6,11-13,27H,7-10,14-16H2,1-2H3,(H,29,34);1-2H3. The quantitative estimate of drug-likeness (QED) is 0.351. The average molecular weight is 566 g/mol. The van der Waals surface area contributed by atoms with Gasteiger partial charge in [-0.1, -0.05) is 20.8 Å². The highest BCUT2D eigenvalue weighted by molar-refractivity contribution is 7.12. The summed E-state index contributed by atoms with van der Waals surface area (Å²) >= 11 is 1.24. The van der Waals surface area contributed by atoms with Gasteiger partial charge in [-0.3, -0.25) is 14.3 Å². The number of aromatic nitrogens is 4. The monoisotopic (exact) mass is 565 g/mol. The van der Waals surface area contributed by atoms with E-state index in [0.29, 0.717) is 41.9 Å². The largest absolute Gasteiger partial charge is 0.493 e. The lowest BCUT2D eigenvalue weighted by Gasteiger charge is -2.37. The van der Waals surface area contributed by atoms with Gasteiger partial charge in [-0.15, -0.1) is 11.3 Å². The Kier molecular flexibility index (Phi) is 8.19. The van der Waals surface area contributed by atoms with Crippen LogP contribution in [0, 0.1) is 5.41 Å². The minimum atomic E-state index is -0.352. The van der Waals surface area contributed by atoms with E-state index in [0.717, 1.165) is 37.4 Å². The molecule has 0 unspecified atom stereocenters. The zero-order valence-corrected chi connectivity index (χ0v) is 24.1. The highest BCUT2D eigenvalue weighted by Gasteiger charge is 2.34. The predicted octanol–water partition coefficient (Wildman–Crippen LogP) is 3.28. The molecule has 212 valence electrons. The van der Waals surface area contributed by atoms with Crippen molar-refractivity contribution < 1.29 is 14.3 Å². The molecule has 12 heteroatoms. The Hall–Kier alpha value is -3.74. The molecule has 0 atom stereocenters. The number of ether oxygens (including phenoxy) is 2. The van der Waals surface area contributed by atoms with Crippen LogP contribution >= 0.6 is 11.3 Å². The molecule has 11 nitrogen and oxygen atoms in total. The Morgan fingerprint density at radius 3 is 2.70 bits per heavy atom. The number of anilines is 2. The Morgan fingerprint density at radius 1 is 1.20 bits per heavy atom. The predicted molar refractivity (Wildman–Crippen MR) is 157 cm³/mol. The van der Waals surface area contributed by atoms with Crippen LogP contribution in [0.3, 0.4) is 0 Å². The van der Waals surface area contributed by atoms with Crippen molar-refractivity contribution in [3.05, 3.63) is 58.2 Å². The lowest BCUT2D eigenvalue weighted by molar-refractivity contribution is -0.120. The summed E-state index contributed by atoms with van der Waals surface area (Å²) in [6.07, 6.45) is 3.37. The number of rotatable bonds is 7. The van der Waals surface area contributed by atoms with E-state index in [9.17, 15) is 9.59 Å². The van der Waals surface area contributed by atoms with E-state index in [1.54, 1.807) is 29.4 Å². The fourth-order valence-electron chi connectivity index (χ4n) is 4.71. The summed E-state index contributed by atoms with van der Waals surface area (Å²) in [6, 6.07) is 7.46. The number of fused-ring (bicyclic) bond motifs is 1. The molecule has 4 aromatic rings. The number of amides is 1. The first-order chi connectivity index (χ1) is 19.4. The molecule has 0 saturated carbocycles. The number of thiazole rings is 1. The number of carbonyl (C=O) groups is 1. The maximum absolute atomic E-state index is 13.2. The van der Waals surface area contributed by atoms with Crippen molar-refractivity contribution in [1.82, 2.24) is 24.4 Å². The van der Waals surface area contributed by atoms with Crippen LogP contribution in [-0.2, 0) is 11.8 Å². The fraction of sp³-hybridized carbons (Fsp3) is 0.429. The number of nitrogens with one attached hydrogen (secondary N) is 2. The van der Waals surface area contributed by atoms with Crippen molar-refractivity contribution in [3.63, 3.8) is 0 Å². The second kappa shape index (κ2) is 11.8. The van der Waals surface area contributed by atoms with Gasteiger partial charge in [-0.2, -0.15) is 0 Å². The number of benzene rings is 1. The zero-order valence-electron chi connectivity index (χ0n) is 23.3. The van der Waals surface area contributed by atoms with Crippen LogP contribution in [0.15, 0.2) is 46.8 Å². The van der Waals surface area contributed by atoms with Crippen molar-refractivity contribution in [1.29, 1.82) is 0 Å². The Bertz CT molecular complexity index is 1550. The minimum absolute atomic E-state index is 0.0200. The number of carbonyl (C=O) groups excluding carboxylic acids is 1. The van der Waals surface area contributed by atoms with Crippen LogP contribution in [0.1, 0.15) is 31.3 Å². The molecular formula is C28H35N7O4S. The Balaban J connectivity index is 0.00000158. The fourth-order valence-corrected chi connectivity index (χ4v) is 5.52. The molecule has 2 saturated heterocycles. The first-order valence-corrected chi connectivity index (χ1v) is 14.4. The summed E-state index contributed by atoms with van der Waals surface area (Å²) in [7, 11) is 1.72. The summed E-state index contributed by atoms with van der Waals surface area (Å²) in [5.74, 6) is 0.337. The van der Waals surface area contributed by atoms with Crippen LogP contribution < -0.4 is 26.0 Å². The molecule has 5 heterocycles. The van der Waals surface area contributed by atoms with Crippen LogP contribution in [0.2, 0.25) is 0 Å². The molecule has 0 bridgehead atoms. The number of imidazole rings is 1. The summed E-state index contributed by atoms with van der Waals surface area (Å²) in [5, 5.41) is 8.37. The van der Waals surface area contributed by atoms with E-state index < -0.39 is 0 Å². The van der Waals surface area contributed by atoms with E-state index >= 15 is 0 Å². The number of hydrogen-bond donors (Lipinski definition) is 2. The van der Waals surface area contributed by atoms with E-state index in [4.69, 9.17) is 9.47 Å². The molecule has 2 fully saturated rings. The maximum Gasteiger partial charge on any atom is 0.335 e. The second-order valence-electron chi connectivity index (χ2n) is 10.0. The van der Waals surface area contributed by atoms with Crippen LogP contribution in [0.4, 0.5) is 11.4 Å². The van der Waals surface area contributed by atoms with Gasteiger partial charge in [-0.05, 0) is 18.2 Å². The number of nitrogens with zero attached hydrogens (tertiary/aromatic N) is 5. The molecule has 2 N–H and O–H groups in total. The number of aryl methyl sites for hydroxylation is 1. The smallest absolute Gasteiger partial charge is 0.335 e. The van der Waals surface area contributed by atoms with Gasteiger partial charge in [0.25, 0.3) is 5.91 Å². The summed E-state index contributed by atoms with van der Waals surface area (Å²) < 4.78 is 14.4. The molecule has 0 spiro atoms. The molecule has 1 aromatic carbocycles.